The van der Waals surface area contributed by atoms with Crippen LogP contribution in [-0.2, 0) is 5.41 Å². The molecule has 272 valence electrons. The molecule has 11 rings (SSSR count). The quantitative estimate of drug-likeness (QED) is 0.184. The molecule has 0 bridgehead atoms. The van der Waals surface area contributed by atoms with Crippen molar-refractivity contribution in [2.24, 2.45) is 0 Å². The number of nitrogens with one attached hydrogen (secondary N) is 1. The highest BCUT2D eigenvalue weighted by Gasteiger charge is 2.35. The first-order valence-electron chi connectivity index (χ1n) is 19.8. The fourth-order valence-electron chi connectivity index (χ4n) is 9.32. The zero-order valence-electron chi connectivity index (χ0n) is 32.0. The largest absolute Gasteiger partial charge is 0.456 e. The molecule has 0 spiro atoms. The average Bonchev–Trinajstić information content (AvgIpc) is 3.76. The molecule has 9 aromatic rings. The predicted octanol–water partition coefficient (Wildman–Crippen LogP) is 14.3. The van der Waals surface area contributed by atoms with Gasteiger partial charge >= 0.3 is 0 Å². The molecule has 2 heterocycles. The van der Waals surface area contributed by atoms with E-state index >= 15 is 0 Å². The summed E-state index contributed by atoms with van der Waals surface area (Å²) in [5.74, 6) is 0. The van der Waals surface area contributed by atoms with Crippen LogP contribution in [0.2, 0.25) is 0 Å². The molecular formula is C54H40N2O. The van der Waals surface area contributed by atoms with Crippen molar-refractivity contribution in [3.63, 3.8) is 0 Å². The average molecular weight is 733 g/mol. The van der Waals surface area contributed by atoms with Gasteiger partial charge in [0.25, 0.3) is 0 Å². The van der Waals surface area contributed by atoms with E-state index in [9.17, 15) is 0 Å². The highest BCUT2D eigenvalue weighted by atomic mass is 16.3. The van der Waals surface area contributed by atoms with Crippen molar-refractivity contribution in [2.45, 2.75) is 19.3 Å². The number of benzene rings is 8. The van der Waals surface area contributed by atoms with Gasteiger partial charge in [0.15, 0.2) is 0 Å². The zero-order chi connectivity index (χ0) is 38.1. The molecule has 3 nitrogen and oxygen atoms in total. The highest BCUT2D eigenvalue weighted by molar-refractivity contribution is 6.24. The van der Waals surface area contributed by atoms with Crippen LogP contribution in [0.25, 0.3) is 71.7 Å². The smallest absolute Gasteiger partial charge is 0.136 e. The minimum Gasteiger partial charge on any atom is -0.456 e. The first kappa shape index (κ1) is 33.3. The molecule has 0 fully saturated rings. The molecule has 1 N–H and O–H groups in total. The Morgan fingerprint density at radius 3 is 1.91 bits per heavy atom. The summed E-state index contributed by atoms with van der Waals surface area (Å²) in [5.41, 5.74) is 17.5. The lowest BCUT2D eigenvalue weighted by atomic mass is 9.82. The zero-order valence-corrected chi connectivity index (χ0v) is 32.0. The lowest BCUT2D eigenvalue weighted by Crippen LogP contribution is -2.16. The molecule has 0 saturated heterocycles. The van der Waals surface area contributed by atoms with Gasteiger partial charge in [-0.05, 0) is 127 Å². The monoisotopic (exact) mass is 732 g/mol. The van der Waals surface area contributed by atoms with Crippen molar-refractivity contribution < 1.29 is 4.42 Å². The summed E-state index contributed by atoms with van der Waals surface area (Å²) in [5, 5.41) is 8.02. The van der Waals surface area contributed by atoms with Crippen LogP contribution in [-0.4, -0.2) is 6.54 Å². The maximum absolute atomic E-state index is 6.67. The number of hydrogen-bond acceptors (Lipinski definition) is 3. The minimum absolute atomic E-state index is 0.104. The Morgan fingerprint density at radius 2 is 1.14 bits per heavy atom. The van der Waals surface area contributed by atoms with E-state index in [4.69, 9.17) is 4.42 Å². The Bertz CT molecular complexity index is 3070. The fourth-order valence-corrected chi connectivity index (χ4v) is 9.32. The second-order valence-corrected chi connectivity index (χ2v) is 15.7. The lowest BCUT2D eigenvalue weighted by Gasteiger charge is -2.28. The van der Waals surface area contributed by atoms with Gasteiger partial charge in [-0.15, -0.1) is 0 Å². The Balaban J connectivity index is 1.04. The molecule has 0 radical (unpaired) electrons. The molecular weight excluding hydrogens is 693 g/mol. The summed E-state index contributed by atoms with van der Waals surface area (Å²) in [7, 11) is 0. The van der Waals surface area contributed by atoms with Gasteiger partial charge in [0.2, 0.25) is 0 Å². The Labute approximate surface area is 332 Å². The van der Waals surface area contributed by atoms with Gasteiger partial charge in [-0.3, -0.25) is 0 Å². The predicted molar refractivity (Wildman–Crippen MR) is 239 cm³/mol. The van der Waals surface area contributed by atoms with Gasteiger partial charge in [0, 0.05) is 39.8 Å². The van der Waals surface area contributed by atoms with E-state index in [2.05, 4.69) is 206 Å². The number of nitrogens with zero attached hydrogens (tertiary/aromatic N) is 1. The van der Waals surface area contributed by atoms with Crippen LogP contribution in [0.1, 0.15) is 30.5 Å². The Hall–Kier alpha value is -7.10. The van der Waals surface area contributed by atoms with Crippen LogP contribution in [0.4, 0.5) is 17.1 Å². The van der Waals surface area contributed by atoms with Crippen LogP contribution < -0.4 is 10.2 Å². The number of dihydropyridines is 1. The van der Waals surface area contributed by atoms with Gasteiger partial charge in [-0.2, -0.15) is 0 Å². The molecule has 1 aliphatic heterocycles. The minimum atomic E-state index is -0.104. The van der Waals surface area contributed by atoms with E-state index < -0.39 is 0 Å². The van der Waals surface area contributed by atoms with Gasteiger partial charge in [0.05, 0.1) is 0 Å². The number of anilines is 3. The second kappa shape index (κ2) is 13.0. The van der Waals surface area contributed by atoms with Crippen LogP contribution >= 0.6 is 0 Å². The Kier molecular flexibility index (Phi) is 7.58. The Morgan fingerprint density at radius 1 is 0.491 bits per heavy atom. The third-order valence-electron chi connectivity index (χ3n) is 12.1. The van der Waals surface area contributed by atoms with Gasteiger partial charge in [-0.25, -0.2) is 0 Å². The molecule has 0 amide bonds. The number of hydrogen-bond donors (Lipinski definition) is 1. The summed E-state index contributed by atoms with van der Waals surface area (Å²) >= 11 is 0. The third kappa shape index (κ3) is 5.34. The number of allylic oxidation sites excluding steroid dienone is 2. The van der Waals surface area contributed by atoms with Gasteiger partial charge in [-0.1, -0.05) is 141 Å². The van der Waals surface area contributed by atoms with E-state index in [1.54, 1.807) is 0 Å². The molecule has 0 unspecified atom stereocenters. The summed E-state index contributed by atoms with van der Waals surface area (Å²) in [6.45, 7) is 5.51. The van der Waals surface area contributed by atoms with Crippen LogP contribution in [0, 0.1) is 0 Å². The highest BCUT2D eigenvalue weighted by Crippen LogP contribution is 2.51. The van der Waals surface area contributed by atoms with E-state index in [0.29, 0.717) is 0 Å². The number of rotatable bonds is 6. The molecule has 8 aromatic carbocycles. The first-order valence-corrected chi connectivity index (χ1v) is 19.8. The van der Waals surface area contributed by atoms with Gasteiger partial charge in [0.1, 0.15) is 11.2 Å². The fraction of sp³-hybridized carbons (Fsp3) is 0.0741. The first-order chi connectivity index (χ1) is 28.0. The second-order valence-electron chi connectivity index (χ2n) is 15.7. The maximum Gasteiger partial charge on any atom is 0.136 e. The van der Waals surface area contributed by atoms with Crippen molar-refractivity contribution >= 4 is 55.3 Å². The van der Waals surface area contributed by atoms with Crippen molar-refractivity contribution in [3.05, 3.63) is 205 Å². The van der Waals surface area contributed by atoms with Gasteiger partial charge < -0.3 is 14.6 Å². The summed E-state index contributed by atoms with van der Waals surface area (Å²) in [6, 6.07) is 61.9. The van der Waals surface area contributed by atoms with Crippen molar-refractivity contribution in [1.82, 2.24) is 5.32 Å². The summed E-state index contributed by atoms with van der Waals surface area (Å²) in [6.07, 6.45) is 6.43. The van der Waals surface area contributed by atoms with E-state index in [0.717, 1.165) is 56.7 Å². The number of furan rings is 1. The molecule has 0 saturated carbocycles. The number of fused-ring (bicyclic) bond motifs is 8. The summed E-state index contributed by atoms with van der Waals surface area (Å²) < 4.78 is 6.67. The van der Waals surface area contributed by atoms with Crippen LogP contribution in [0.3, 0.4) is 0 Å². The topological polar surface area (TPSA) is 28.4 Å². The van der Waals surface area contributed by atoms with E-state index in [-0.39, 0.29) is 5.41 Å². The lowest BCUT2D eigenvalue weighted by molar-refractivity contribution is 0.660. The van der Waals surface area contributed by atoms with Crippen molar-refractivity contribution in [2.75, 3.05) is 11.4 Å². The summed E-state index contributed by atoms with van der Waals surface area (Å²) in [4.78, 5) is 2.39. The molecule has 1 aliphatic carbocycles. The van der Waals surface area contributed by atoms with Crippen molar-refractivity contribution in [1.29, 1.82) is 0 Å². The molecule has 57 heavy (non-hydrogen) atoms. The van der Waals surface area contributed by atoms with Crippen LogP contribution in [0.15, 0.2) is 193 Å². The van der Waals surface area contributed by atoms with E-state index in [1.165, 1.54) is 55.3 Å². The molecule has 0 atom stereocenters. The molecule has 3 heteroatoms. The van der Waals surface area contributed by atoms with E-state index in [1.807, 2.05) is 6.20 Å². The van der Waals surface area contributed by atoms with Crippen molar-refractivity contribution in [3.8, 4) is 33.4 Å². The molecule has 2 aliphatic rings. The maximum atomic E-state index is 6.67. The van der Waals surface area contributed by atoms with Crippen LogP contribution in [0.5, 0.6) is 0 Å². The third-order valence-corrected chi connectivity index (χ3v) is 12.1. The molecule has 1 aromatic heterocycles. The normalized spacial score (nSPS) is 14.0. The standard InChI is InChI=1S/C54H40N2O/c1-54(2)48-17-9-8-14-44(48)45-28-27-41(33-49(45)54)56(39-23-19-36(20-24-39)35-11-4-3-5-12-35)40-25-21-37(22-26-40)47-34-51-53(46-15-7-6-13-43(46)47)52-42(16-10-18-50(52)57-51)38-29-31-55-32-30-38/h3-31,33-34,55H,32H2,1-2H3. The SMILES string of the molecule is CC1(C)c2ccccc2-c2ccc(N(c3ccc(-c4ccccc4)cc3)c3ccc(-c4cc5oc6cccc(C7=CCNC=C7)c6c5c5ccccc45)cc3)cc21.